The highest BCUT2D eigenvalue weighted by atomic mass is 19.3. The summed E-state index contributed by atoms with van der Waals surface area (Å²) in [5.74, 6) is -5.64. The van der Waals surface area contributed by atoms with Crippen LogP contribution in [0, 0.1) is 29.0 Å². The molecule has 4 aliphatic carbocycles. The van der Waals surface area contributed by atoms with E-state index in [1.807, 2.05) is 0 Å². The minimum absolute atomic E-state index is 0.0142. The largest absolute Gasteiger partial charge is 0.496 e. The van der Waals surface area contributed by atoms with Crippen molar-refractivity contribution < 1.29 is 42.1 Å². The summed E-state index contributed by atoms with van der Waals surface area (Å²) in [4.78, 5) is 38.0. The number of halogens is 3. The monoisotopic (exact) mass is 552 g/mol. The molecule has 2 bridgehead atoms. The third-order valence-corrected chi connectivity index (χ3v) is 9.30. The van der Waals surface area contributed by atoms with Gasteiger partial charge >= 0.3 is 5.97 Å². The van der Waals surface area contributed by atoms with Crippen LogP contribution < -0.4 is 20.1 Å². The minimum Gasteiger partial charge on any atom is -0.496 e. The van der Waals surface area contributed by atoms with Gasteiger partial charge in [0.1, 0.15) is 5.75 Å². The average Bonchev–Trinajstić information content (AvgIpc) is 3.47. The Bertz CT molecular complexity index is 1140. The van der Waals surface area contributed by atoms with Gasteiger partial charge in [0.2, 0.25) is 5.91 Å². The van der Waals surface area contributed by atoms with Crippen LogP contribution in [0.1, 0.15) is 75.1 Å². The molecule has 0 heterocycles. The molecule has 4 saturated carbocycles. The number of hydrogen-bond acceptors (Lipinski definition) is 5. The number of benzene rings is 1. The van der Waals surface area contributed by atoms with Crippen molar-refractivity contribution in [2.45, 2.75) is 88.8 Å². The van der Waals surface area contributed by atoms with E-state index in [9.17, 15) is 32.7 Å². The van der Waals surface area contributed by atoms with Crippen LogP contribution in [0.3, 0.4) is 0 Å². The second kappa shape index (κ2) is 10.2. The molecule has 0 aromatic heterocycles. The fraction of sp³-hybridized carbons (Fsp3) is 0.679. The SMILES string of the molecule is COc1cc(F)c(O[C@H]2CC[C@@](C)(C(=O)O)CC2)cc1C(=O)N[C@@H]1[C@H]2CC[C@H](C2)[C@@H]1C(=O)NC1CC(F)(F)C1. The zero-order chi connectivity index (χ0) is 28.1. The van der Waals surface area contributed by atoms with Crippen molar-refractivity contribution in [3.63, 3.8) is 0 Å². The van der Waals surface area contributed by atoms with Crippen LogP contribution in [0.2, 0.25) is 0 Å². The van der Waals surface area contributed by atoms with Crippen molar-refractivity contribution in [3.05, 3.63) is 23.5 Å². The van der Waals surface area contributed by atoms with Gasteiger partial charge < -0.3 is 25.2 Å². The second-order valence-electron chi connectivity index (χ2n) is 12.0. The van der Waals surface area contributed by atoms with E-state index >= 15 is 0 Å². The van der Waals surface area contributed by atoms with Crippen LogP contribution in [0.4, 0.5) is 13.2 Å². The molecule has 0 spiro atoms. The molecule has 1 aromatic rings. The van der Waals surface area contributed by atoms with E-state index in [1.54, 1.807) is 6.92 Å². The highest BCUT2D eigenvalue weighted by Gasteiger charge is 2.53. The molecule has 0 saturated heterocycles. The summed E-state index contributed by atoms with van der Waals surface area (Å²) in [6, 6.07) is 1.33. The van der Waals surface area contributed by atoms with Crippen LogP contribution in [-0.4, -0.2) is 54.1 Å². The van der Waals surface area contributed by atoms with Crippen LogP contribution in [-0.2, 0) is 9.59 Å². The van der Waals surface area contributed by atoms with Crippen LogP contribution >= 0.6 is 0 Å². The number of amides is 2. The Balaban J connectivity index is 1.28. The number of carbonyl (C=O) groups is 3. The number of carboxylic acid groups (broad SMARTS) is 1. The lowest BCUT2D eigenvalue weighted by Gasteiger charge is -2.38. The van der Waals surface area contributed by atoms with Gasteiger partial charge in [-0.2, -0.15) is 0 Å². The van der Waals surface area contributed by atoms with Crippen molar-refractivity contribution in [3.8, 4) is 11.5 Å². The molecule has 5 rings (SSSR count). The molecule has 8 nitrogen and oxygen atoms in total. The Morgan fingerprint density at radius 3 is 2.28 bits per heavy atom. The molecule has 39 heavy (non-hydrogen) atoms. The Labute approximate surface area is 225 Å². The molecule has 214 valence electrons. The number of methoxy groups -OCH3 is 1. The Morgan fingerprint density at radius 2 is 1.67 bits per heavy atom. The molecule has 4 fully saturated rings. The number of hydrogen-bond donors (Lipinski definition) is 3. The first-order valence-corrected chi connectivity index (χ1v) is 13.7. The zero-order valence-corrected chi connectivity index (χ0v) is 22.1. The number of carbonyl (C=O) groups excluding carboxylic acids is 2. The summed E-state index contributed by atoms with van der Waals surface area (Å²) in [6.45, 7) is 1.69. The number of alkyl halides is 2. The summed E-state index contributed by atoms with van der Waals surface area (Å²) >= 11 is 0. The zero-order valence-electron chi connectivity index (χ0n) is 22.1. The van der Waals surface area contributed by atoms with E-state index in [1.165, 1.54) is 13.2 Å². The van der Waals surface area contributed by atoms with E-state index < -0.39 is 53.1 Å². The summed E-state index contributed by atoms with van der Waals surface area (Å²) < 4.78 is 52.6. The molecular formula is C28H35F3N2O6. The smallest absolute Gasteiger partial charge is 0.309 e. The standard InChI is InChI=1S/C28H35F3N2O6/c1-27(26(36)37)7-5-17(6-8-27)39-21-10-18(20(38-2)11-19(21)29)24(34)33-23-15-4-3-14(9-15)22(23)25(35)32-16-12-28(30,31)13-16/h10-11,14-17,22-23H,3-9,12-13H2,1-2H3,(H,32,35)(H,33,34)(H,36,37)/t14-,15+,17-,22+,23-,27+/m1/s1. The summed E-state index contributed by atoms with van der Waals surface area (Å²) in [7, 11) is 1.32. The molecule has 0 unspecified atom stereocenters. The lowest BCUT2D eigenvalue weighted by Crippen LogP contribution is -2.56. The summed E-state index contributed by atoms with van der Waals surface area (Å²) in [5.41, 5.74) is -0.785. The van der Waals surface area contributed by atoms with E-state index in [-0.39, 0.29) is 47.6 Å². The lowest BCUT2D eigenvalue weighted by molar-refractivity contribution is -0.150. The van der Waals surface area contributed by atoms with Crippen LogP contribution in [0.15, 0.2) is 12.1 Å². The number of carboxylic acids is 1. The van der Waals surface area contributed by atoms with E-state index in [4.69, 9.17) is 9.47 Å². The first-order chi connectivity index (χ1) is 18.4. The van der Waals surface area contributed by atoms with Crippen molar-refractivity contribution in [1.29, 1.82) is 0 Å². The van der Waals surface area contributed by atoms with Crippen LogP contribution in [0.5, 0.6) is 11.5 Å². The number of fused-ring (bicyclic) bond motifs is 2. The van der Waals surface area contributed by atoms with Gasteiger partial charge in [-0.3, -0.25) is 14.4 Å². The van der Waals surface area contributed by atoms with E-state index in [0.29, 0.717) is 25.7 Å². The number of aliphatic carboxylic acids is 1. The number of rotatable bonds is 8. The maximum Gasteiger partial charge on any atom is 0.309 e. The quantitative estimate of drug-likeness (QED) is 0.443. The highest BCUT2D eigenvalue weighted by molar-refractivity contribution is 5.98. The Kier molecular flexibility index (Phi) is 7.22. The minimum atomic E-state index is -2.74. The maximum absolute atomic E-state index is 14.9. The lowest BCUT2D eigenvalue weighted by atomic mass is 9.75. The van der Waals surface area contributed by atoms with Crippen LogP contribution in [0.25, 0.3) is 0 Å². The van der Waals surface area contributed by atoms with Crippen molar-refractivity contribution >= 4 is 17.8 Å². The maximum atomic E-state index is 14.9. The third kappa shape index (κ3) is 5.41. The molecular weight excluding hydrogens is 517 g/mol. The van der Waals surface area contributed by atoms with Gasteiger partial charge in [0.15, 0.2) is 11.6 Å². The molecule has 4 atom stereocenters. The Hall–Kier alpha value is -2.98. The van der Waals surface area contributed by atoms with Crippen molar-refractivity contribution in [2.24, 2.45) is 23.2 Å². The fourth-order valence-corrected chi connectivity index (χ4v) is 6.88. The normalized spacial score (nSPS) is 33.2. The van der Waals surface area contributed by atoms with Gasteiger partial charge in [-0.15, -0.1) is 0 Å². The summed E-state index contributed by atoms with van der Waals surface area (Å²) in [5, 5.41) is 15.1. The highest BCUT2D eigenvalue weighted by Crippen LogP contribution is 2.49. The number of ether oxygens (including phenoxy) is 2. The Morgan fingerprint density at radius 1 is 1.00 bits per heavy atom. The molecule has 4 aliphatic rings. The second-order valence-corrected chi connectivity index (χ2v) is 12.0. The van der Waals surface area contributed by atoms with Crippen molar-refractivity contribution in [2.75, 3.05) is 7.11 Å². The molecule has 2 amide bonds. The van der Waals surface area contributed by atoms with Gasteiger partial charge in [0.05, 0.1) is 30.1 Å². The molecule has 0 aliphatic heterocycles. The molecule has 0 radical (unpaired) electrons. The van der Waals surface area contributed by atoms with E-state index in [0.717, 1.165) is 25.3 Å². The molecule has 3 N–H and O–H groups in total. The predicted molar refractivity (Wildman–Crippen MR) is 133 cm³/mol. The first-order valence-electron chi connectivity index (χ1n) is 13.7. The molecule has 1 aromatic carbocycles. The third-order valence-electron chi connectivity index (χ3n) is 9.30. The van der Waals surface area contributed by atoms with Gasteiger partial charge in [0.25, 0.3) is 11.8 Å². The predicted octanol–water partition coefficient (Wildman–Crippen LogP) is 4.31. The van der Waals surface area contributed by atoms with Gasteiger partial charge in [-0.05, 0) is 69.8 Å². The topological polar surface area (TPSA) is 114 Å². The number of nitrogens with one attached hydrogen (secondary N) is 2. The van der Waals surface area contributed by atoms with Crippen molar-refractivity contribution in [1.82, 2.24) is 10.6 Å². The first kappa shape index (κ1) is 27.6. The fourth-order valence-electron chi connectivity index (χ4n) is 6.88. The molecule has 11 heteroatoms. The van der Waals surface area contributed by atoms with Gasteiger partial charge in [-0.1, -0.05) is 0 Å². The average molecular weight is 553 g/mol. The van der Waals surface area contributed by atoms with E-state index in [2.05, 4.69) is 10.6 Å². The summed E-state index contributed by atoms with van der Waals surface area (Å²) in [6.07, 6.45) is 2.99. The van der Waals surface area contributed by atoms with Gasteiger partial charge in [-0.25, -0.2) is 13.2 Å². The van der Waals surface area contributed by atoms with Gasteiger partial charge in [0, 0.05) is 31.0 Å².